The lowest BCUT2D eigenvalue weighted by molar-refractivity contribution is -0.160. The van der Waals surface area contributed by atoms with Gasteiger partial charge in [0.1, 0.15) is 16.6 Å². The summed E-state index contributed by atoms with van der Waals surface area (Å²) in [5.41, 5.74) is 1.44. The zero-order valence-corrected chi connectivity index (χ0v) is 31.7. The number of aromatic nitrogens is 5. The van der Waals surface area contributed by atoms with Crippen LogP contribution < -0.4 is 15.8 Å². The lowest BCUT2D eigenvalue weighted by Gasteiger charge is -2.54. The molecule has 4 aromatic rings. The second kappa shape index (κ2) is 14.3. The van der Waals surface area contributed by atoms with Crippen molar-refractivity contribution in [3.8, 4) is 5.82 Å². The van der Waals surface area contributed by atoms with Gasteiger partial charge in [0, 0.05) is 62.9 Å². The molecular formula is C40H53N9O4. The van der Waals surface area contributed by atoms with E-state index in [4.69, 9.17) is 9.72 Å². The standard InChI is InChI=1S/C40H53N9O4/c1-7-19-48-36(51)31-24-41-37(44-35(31)49(48)33-10-8-9-32(43-33)39(5,6)52)42-28-11-13-29(14-12-28)46-20-22-47(23-21-46)30-15-17-40(18-16-30)26-45(27-40)25-34(50)53-38(2,3)4/h7-14,24,30,52H,1,15-23,25-27H2,2-6H3,(H,41,42,44). The molecule has 1 aliphatic carbocycles. The Labute approximate surface area is 311 Å². The number of pyridine rings is 1. The van der Waals surface area contributed by atoms with Crippen LogP contribution in [0.15, 0.2) is 66.1 Å². The highest BCUT2D eigenvalue weighted by molar-refractivity contribution is 5.77. The first-order valence-electron chi connectivity index (χ1n) is 18.8. The fourth-order valence-electron chi connectivity index (χ4n) is 8.19. The number of anilines is 3. The molecule has 7 rings (SSSR count). The predicted octanol–water partition coefficient (Wildman–Crippen LogP) is 4.84. The van der Waals surface area contributed by atoms with Gasteiger partial charge in [-0.05, 0) is 102 Å². The summed E-state index contributed by atoms with van der Waals surface area (Å²) in [6.07, 6.45) is 8.12. The normalized spacial score (nSPS) is 18.6. The van der Waals surface area contributed by atoms with Crippen molar-refractivity contribution in [3.63, 3.8) is 0 Å². The number of hydrogen-bond donors (Lipinski definition) is 2. The molecule has 0 unspecified atom stereocenters. The van der Waals surface area contributed by atoms with Crippen molar-refractivity contribution in [1.29, 1.82) is 0 Å². The van der Waals surface area contributed by atoms with Gasteiger partial charge in [-0.15, -0.1) is 6.58 Å². The first-order valence-corrected chi connectivity index (χ1v) is 18.8. The van der Waals surface area contributed by atoms with E-state index in [-0.39, 0.29) is 18.1 Å². The number of hydrogen-bond acceptors (Lipinski definition) is 11. The van der Waals surface area contributed by atoms with E-state index in [9.17, 15) is 14.7 Å². The largest absolute Gasteiger partial charge is 0.459 e. The Kier molecular flexibility index (Phi) is 9.94. The monoisotopic (exact) mass is 723 g/mol. The quantitative estimate of drug-likeness (QED) is 0.172. The molecule has 53 heavy (non-hydrogen) atoms. The lowest BCUT2D eigenvalue weighted by atomic mass is 9.67. The van der Waals surface area contributed by atoms with Crippen LogP contribution in [-0.4, -0.2) is 103 Å². The summed E-state index contributed by atoms with van der Waals surface area (Å²) in [5, 5.41) is 14.3. The van der Waals surface area contributed by atoms with E-state index < -0.39 is 11.2 Å². The van der Waals surface area contributed by atoms with Crippen molar-refractivity contribution >= 4 is 34.3 Å². The van der Waals surface area contributed by atoms with Crippen molar-refractivity contribution in [1.82, 2.24) is 34.1 Å². The topological polar surface area (TPSA) is 134 Å². The van der Waals surface area contributed by atoms with Crippen LogP contribution in [0.1, 0.15) is 66.0 Å². The van der Waals surface area contributed by atoms with E-state index in [2.05, 4.69) is 48.7 Å². The number of piperazine rings is 1. The van der Waals surface area contributed by atoms with Crippen molar-refractivity contribution < 1.29 is 14.6 Å². The van der Waals surface area contributed by atoms with E-state index in [1.165, 1.54) is 42.2 Å². The Morgan fingerprint density at radius 3 is 2.36 bits per heavy atom. The Morgan fingerprint density at radius 2 is 1.72 bits per heavy atom. The minimum Gasteiger partial charge on any atom is -0.459 e. The van der Waals surface area contributed by atoms with Crippen molar-refractivity contribution in [3.05, 3.63) is 77.4 Å². The molecule has 282 valence electrons. The third-order valence-corrected chi connectivity index (χ3v) is 10.8. The summed E-state index contributed by atoms with van der Waals surface area (Å²) < 4.78 is 8.69. The first kappa shape index (κ1) is 36.8. The molecule has 13 nitrogen and oxygen atoms in total. The van der Waals surface area contributed by atoms with E-state index in [0.717, 1.165) is 45.0 Å². The molecule has 1 saturated carbocycles. The van der Waals surface area contributed by atoms with Crippen LogP contribution in [0, 0.1) is 5.41 Å². The zero-order chi connectivity index (χ0) is 37.5. The van der Waals surface area contributed by atoms with Crippen LogP contribution in [0.2, 0.25) is 0 Å². The van der Waals surface area contributed by atoms with Crippen molar-refractivity contribution in [2.45, 2.75) is 84.1 Å². The highest BCUT2D eigenvalue weighted by atomic mass is 16.6. The van der Waals surface area contributed by atoms with Crippen LogP contribution in [-0.2, 0) is 21.7 Å². The number of carbonyl (C=O) groups excluding carboxylic acids is 1. The number of allylic oxidation sites excluding steroid dienone is 1. The minimum atomic E-state index is -1.16. The van der Waals surface area contributed by atoms with Gasteiger partial charge in [-0.25, -0.2) is 19.3 Å². The van der Waals surface area contributed by atoms with Gasteiger partial charge < -0.3 is 20.1 Å². The molecule has 2 N–H and O–H groups in total. The van der Waals surface area contributed by atoms with E-state index >= 15 is 0 Å². The molecule has 5 heterocycles. The van der Waals surface area contributed by atoms with E-state index in [0.29, 0.717) is 46.5 Å². The van der Waals surface area contributed by atoms with Gasteiger partial charge in [-0.3, -0.25) is 19.4 Å². The number of fused-ring (bicyclic) bond motifs is 1. The van der Waals surface area contributed by atoms with Gasteiger partial charge in [-0.2, -0.15) is 4.98 Å². The van der Waals surface area contributed by atoms with E-state index in [1.54, 1.807) is 42.8 Å². The maximum atomic E-state index is 13.4. The first-order chi connectivity index (χ1) is 25.2. The maximum Gasteiger partial charge on any atom is 0.320 e. The van der Waals surface area contributed by atoms with Crippen molar-refractivity contribution in [2.24, 2.45) is 5.41 Å². The molecule has 0 amide bonds. The Hall–Kier alpha value is -4.59. The van der Waals surface area contributed by atoms with Gasteiger partial charge in [0.25, 0.3) is 5.56 Å². The molecule has 13 heteroatoms. The average molecular weight is 724 g/mol. The van der Waals surface area contributed by atoms with Crippen molar-refractivity contribution in [2.75, 3.05) is 56.0 Å². The molecule has 3 aliphatic rings. The summed E-state index contributed by atoms with van der Waals surface area (Å²) >= 11 is 0. The maximum absolute atomic E-state index is 13.4. The fraction of sp³-hybridized carbons (Fsp3) is 0.525. The van der Waals surface area contributed by atoms with Gasteiger partial charge >= 0.3 is 5.97 Å². The number of nitrogens with zero attached hydrogens (tertiary/aromatic N) is 8. The highest BCUT2D eigenvalue weighted by Gasteiger charge is 2.46. The Balaban J connectivity index is 0.946. The summed E-state index contributed by atoms with van der Waals surface area (Å²) in [5.74, 6) is 0.695. The van der Waals surface area contributed by atoms with Gasteiger partial charge in [-0.1, -0.05) is 12.1 Å². The second-order valence-electron chi connectivity index (χ2n) is 16.5. The molecule has 3 aromatic heterocycles. The SMILES string of the molecule is C=CCn1c(=O)c2cnc(Nc3ccc(N4CCN(C5CCC6(CC5)CN(CC(=O)OC(C)(C)C)C6)CC4)cc3)nc2n1-c1cccc(C(C)(C)O)n1. The molecule has 2 aliphatic heterocycles. The second-order valence-corrected chi connectivity index (χ2v) is 16.5. The number of nitrogens with one attached hydrogen (secondary N) is 1. The number of aliphatic hydroxyl groups is 1. The summed E-state index contributed by atoms with van der Waals surface area (Å²) in [7, 11) is 0. The number of carbonyl (C=O) groups is 1. The predicted molar refractivity (Wildman–Crippen MR) is 207 cm³/mol. The highest BCUT2D eigenvalue weighted by Crippen LogP contribution is 2.45. The molecule has 1 spiro atoms. The van der Waals surface area contributed by atoms with E-state index in [1.807, 2.05) is 32.9 Å². The summed E-state index contributed by atoms with van der Waals surface area (Å²) in [4.78, 5) is 46.9. The van der Waals surface area contributed by atoms with Crippen LogP contribution >= 0.6 is 0 Å². The summed E-state index contributed by atoms with van der Waals surface area (Å²) in [6, 6.07) is 14.3. The number of likely N-dealkylation sites (tertiary alicyclic amines) is 1. The molecule has 0 bridgehead atoms. The zero-order valence-electron chi connectivity index (χ0n) is 31.7. The number of benzene rings is 1. The molecule has 3 fully saturated rings. The van der Waals surface area contributed by atoms with Crippen LogP contribution in [0.5, 0.6) is 0 Å². The molecule has 0 atom stereocenters. The van der Waals surface area contributed by atoms with Crippen LogP contribution in [0.3, 0.4) is 0 Å². The Morgan fingerprint density at radius 1 is 1.02 bits per heavy atom. The molecule has 1 aromatic carbocycles. The lowest BCUT2D eigenvalue weighted by Crippen LogP contribution is -2.60. The Bertz CT molecular complexity index is 2000. The van der Waals surface area contributed by atoms with Crippen LogP contribution in [0.4, 0.5) is 17.3 Å². The smallest absolute Gasteiger partial charge is 0.320 e. The minimum absolute atomic E-state index is 0.121. The third-order valence-electron chi connectivity index (χ3n) is 10.8. The number of esters is 1. The number of ether oxygens (including phenoxy) is 1. The van der Waals surface area contributed by atoms with Gasteiger partial charge in [0.2, 0.25) is 5.95 Å². The molecular weight excluding hydrogens is 670 g/mol. The third kappa shape index (κ3) is 8.02. The number of rotatable bonds is 10. The van der Waals surface area contributed by atoms with Gasteiger partial charge in [0.05, 0.1) is 18.8 Å². The molecule has 0 radical (unpaired) electrons. The summed E-state index contributed by atoms with van der Waals surface area (Å²) in [6.45, 7) is 19.7. The molecule has 2 saturated heterocycles. The van der Waals surface area contributed by atoms with Gasteiger partial charge in [0.15, 0.2) is 11.5 Å². The average Bonchev–Trinajstić information content (AvgIpc) is 3.37. The van der Waals surface area contributed by atoms with Crippen LogP contribution in [0.25, 0.3) is 16.9 Å². The fourth-order valence-corrected chi connectivity index (χ4v) is 8.19.